The van der Waals surface area contributed by atoms with E-state index in [1.54, 1.807) is 24.2 Å². The fourth-order valence-corrected chi connectivity index (χ4v) is 1.22. The molecule has 0 aliphatic heterocycles. The molecule has 0 aliphatic rings. The third-order valence-corrected chi connectivity index (χ3v) is 2.23. The molecule has 1 amide bonds. The number of rotatable bonds is 8. The van der Waals surface area contributed by atoms with Crippen molar-refractivity contribution >= 4 is 11.9 Å². The number of carbonyl (C=O) groups excluding carboxylic acids is 2. The van der Waals surface area contributed by atoms with Crippen molar-refractivity contribution in [3.8, 4) is 0 Å². The molecule has 0 aromatic rings. The van der Waals surface area contributed by atoms with Crippen molar-refractivity contribution in [3.05, 3.63) is 24.3 Å². The average molecular weight is 255 g/mol. The van der Waals surface area contributed by atoms with Crippen LogP contribution in [0.3, 0.4) is 0 Å². The van der Waals surface area contributed by atoms with Crippen LogP contribution >= 0.6 is 0 Å². The first kappa shape index (κ1) is 16.4. The molecule has 0 heterocycles. The Labute approximate surface area is 108 Å². The van der Waals surface area contributed by atoms with Crippen LogP contribution in [0.2, 0.25) is 0 Å². The lowest BCUT2D eigenvalue weighted by molar-refractivity contribution is -0.141. The Morgan fingerprint density at radius 3 is 2.44 bits per heavy atom. The van der Waals surface area contributed by atoms with E-state index in [1.807, 2.05) is 13.0 Å². The molecule has 0 aromatic heterocycles. The molecule has 0 saturated heterocycles. The van der Waals surface area contributed by atoms with Gasteiger partial charge < -0.3 is 14.4 Å². The predicted molar refractivity (Wildman–Crippen MR) is 69.0 cm³/mol. The molecule has 5 nitrogen and oxygen atoms in total. The average Bonchev–Trinajstić information content (AvgIpc) is 2.38. The number of allylic oxidation sites excluding steroid dienone is 3. The number of hydrogen-bond donors (Lipinski definition) is 0. The lowest BCUT2D eigenvalue weighted by Crippen LogP contribution is -2.34. The Bertz CT molecular complexity index is 310. The minimum absolute atomic E-state index is 0.144. The van der Waals surface area contributed by atoms with Gasteiger partial charge in [0.15, 0.2) is 0 Å². The fourth-order valence-electron chi connectivity index (χ4n) is 1.22. The molecule has 0 rings (SSSR count). The number of esters is 1. The standard InChI is InChI=1S/C13H21NO4/c1-4-5-6-7-12(15)14(10-11-17-2)9-8-13(16)18-3/h4-7H,8-11H2,1-3H3/b5-4?,7-6+. The summed E-state index contributed by atoms with van der Waals surface area (Å²) in [6.45, 7) is 3.08. The second-order valence-electron chi connectivity index (χ2n) is 3.53. The van der Waals surface area contributed by atoms with Gasteiger partial charge in [0.1, 0.15) is 0 Å². The number of amides is 1. The van der Waals surface area contributed by atoms with Crippen LogP contribution in [0.15, 0.2) is 24.3 Å². The zero-order valence-electron chi connectivity index (χ0n) is 11.2. The van der Waals surface area contributed by atoms with Gasteiger partial charge in [0, 0.05) is 26.3 Å². The first-order valence-electron chi connectivity index (χ1n) is 5.79. The molecule has 0 aliphatic carbocycles. The molecule has 0 spiro atoms. The van der Waals surface area contributed by atoms with E-state index in [9.17, 15) is 9.59 Å². The van der Waals surface area contributed by atoms with Gasteiger partial charge in [0.2, 0.25) is 5.91 Å². The molecule has 0 radical (unpaired) electrons. The monoisotopic (exact) mass is 255 g/mol. The number of methoxy groups -OCH3 is 2. The van der Waals surface area contributed by atoms with Crippen LogP contribution < -0.4 is 0 Å². The first-order valence-corrected chi connectivity index (χ1v) is 5.79. The molecule has 0 bridgehead atoms. The molecule has 0 N–H and O–H groups in total. The molecule has 0 atom stereocenters. The number of nitrogens with zero attached hydrogens (tertiary/aromatic N) is 1. The molecule has 0 unspecified atom stereocenters. The van der Waals surface area contributed by atoms with Crippen LogP contribution in [-0.2, 0) is 19.1 Å². The summed E-state index contributed by atoms with van der Waals surface area (Å²) in [4.78, 5) is 24.4. The van der Waals surface area contributed by atoms with E-state index in [0.29, 0.717) is 19.7 Å². The molecule has 0 aromatic carbocycles. The van der Waals surface area contributed by atoms with Crippen molar-refractivity contribution in [3.63, 3.8) is 0 Å². The quantitative estimate of drug-likeness (QED) is 0.371. The lowest BCUT2D eigenvalue weighted by atomic mass is 10.3. The maximum absolute atomic E-state index is 11.8. The van der Waals surface area contributed by atoms with Crippen LogP contribution in [0.4, 0.5) is 0 Å². The van der Waals surface area contributed by atoms with E-state index < -0.39 is 0 Å². The Morgan fingerprint density at radius 1 is 1.17 bits per heavy atom. The summed E-state index contributed by atoms with van der Waals surface area (Å²) in [5.41, 5.74) is 0. The van der Waals surface area contributed by atoms with Crippen molar-refractivity contribution in [2.24, 2.45) is 0 Å². The Morgan fingerprint density at radius 2 is 1.89 bits per heavy atom. The van der Waals surface area contributed by atoms with E-state index in [0.717, 1.165) is 0 Å². The Hall–Kier alpha value is -1.62. The second-order valence-corrected chi connectivity index (χ2v) is 3.53. The van der Waals surface area contributed by atoms with Gasteiger partial charge in [-0.25, -0.2) is 0 Å². The molecule has 0 saturated carbocycles. The van der Waals surface area contributed by atoms with E-state index in [-0.39, 0.29) is 18.3 Å². The van der Waals surface area contributed by atoms with E-state index in [2.05, 4.69) is 4.74 Å². The second kappa shape index (κ2) is 10.5. The summed E-state index contributed by atoms with van der Waals surface area (Å²) in [6.07, 6.45) is 6.92. The van der Waals surface area contributed by atoms with Crippen molar-refractivity contribution in [2.45, 2.75) is 13.3 Å². The summed E-state index contributed by atoms with van der Waals surface area (Å²) in [5.74, 6) is -0.475. The van der Waals surface area contributed by atoms with Gasteiger partial charge in [0.25, 0.3) is 0 Å². The largest absolute Gasteiger partial charge is 0.469 e. The maximum Gasteiger partial charge on any atom is 0.307 e. The number of ether oxygens (including phenoxy) is 2. The van der Waals surface area contributed by atoms with E-state index in [1.165, 1.54) is 13.2 Å². The van der Waals surface area contributed by atoms with Gasteiger partial charge in [-0.15, -0.1) is 0 Å². The van der Waals surface area contributed by atoms with Gasteiger partial charge in [-0.1, -0.05) is 18.2 Å². The van der Waals surface area contributed by atoms with Crippen molar-refractivity contribution in [1.82, 2.24) is 4.90 Å². The Kier molecular flexibility index (Phi) is 9.58. The molecule has 0 fully saturated rings. The predicted octanol–water partition coefficient (Wildman–Crippen LogP) is 1.16. The van der Waals surface area contributed by atoms with Crippen molar-refractivity contribution in [1.29, 1.82) is 0 Å². The first-order chi connectivity index (χ1) is 8.65. The summed E-state index contributed by atoms with van der Waals surface area (Å²) in [7, 11) is 2.90. The van der Waals surface area contributed by atoms with E-state index >= 15 is 0 Å². The fraction of sp³-hybridized carbons (Fsp3) is 0.538. The minimum atomic E-state index is -0.331. The smallest absolute Gasteiger partial charge is 0.307 e. The summed E-state index contributed by atoms with van der Waals surface area (Å²) >= 11 is 0. The normalized spacial score (nSPS) is 11.1. The highest BCUT2D eigenvalue weighted by molar-refractivity contribution is 5.88. The van der Waals surface area contributed by atoms with Crippen LogP contribution in [0.25, 0.3) is 0 Å². The minimum Gasteiger partial charge on any atom is -0.469 e. The number of carbonyl (C=O) groups is 2. The molecule has 5 heteroatoms. The highest BCUT2D eigenvalue weighted by Gasteiger charge is 2.12. The van der Waals surface area contributed by atoms with Crippen LogP contribution in [0, 0.1) is 0 Å². The van der Waals surface area contributed by atoms with Crippen molar-refractivity contribution in [2.75, 3.05) is 33.9 Å². The molecular formula is C13H21NO4. The van der Waals surface area contributed by atoms with Crippen LogP contribution in [-0.4, -0.2) is 50.7 Å². The highest BCUT2D eigenvalue weighted by Crippen LogP contribution is 1.97. The third kappa shape index (κ3) is 7.62. The summed E-state index contributed by atoms with van der Waals surface area (Å²) in [6, 6.07) is 0. The van der Waals surface area contributed by atoms with Gasteiger partial charge >= 0.3 is 5.97 Å². The van der Waals surface area contributed by atoms with Gasteiger partial charge in [-0.05, 0) is 6.92 Å². The zero-order valence-corrected chi connectivity index (χ0v) is 11.2. The third-order valence-electron chi connectivity index (χ3n) is 2.23. The number of hydrogen-bond acceptors (Lipinski definition) is 4. The van der Waals surface area contributed by atoms with E-state index in [4.69, 9.17) is 4.74 Å². The Balaban J connectivity index is 4.36. The SMILES string of the molecule is CC=C/C=C/C(=O)N(CCOC)CCC(=O)OC. The molecule has 18 heavy (non-hydrogen) atoms. The van der Waals surface area contributed by atoms with Crippen LogP contribution in [0.5, 0.6) is 0 Å². The summed E-state index contributed by atoms with van der Waals surface area (Å²) < 4.78 is 9.48. The molecular weight excluding hydrogens is 234 g/mol. The van der Waals surface area contributed by atoms with Crippen molar-refractivity contribution < 1.29 is 19.1 Å². The lowest BCUT2D eigenvalue weighted by Gasteiger charge is -2.20. The van der Waals surface area contributed by atoms with Gasteiger partial charge in [-0.2, -0.15) is 0 Å². The molecule has 102 valence electrons. The van der Waals surface area contributed by atoms with Crippen LogP contribution in [0.1, 0.15) is 13.3 Å². The van der Waals surface area contributed by atoms with Gasteiger partial charge in [-0.3, -0.25) is 9.59 Å². The van der Waals surface area contributed by atoms with Gasteiger partial charge in [0.05, 0.1) is 20.1 Å². The maximum atomic E-state index is 11.8. The zero-order chi connectivity index (χ0) is 13.8. The highest BCUT2D eigenvalue weighted by atomic mass is 16.5. The summed E-state index contributed by atoms with van der Waals surface area (Å²) in [5, 5.41) is 0. The topological polar surface area (TPSA) is 55.8 Å².